The lowest BCUT2D eigenvalue weighted by atomic mass is 10.1. The van der Waals surface area contributed by atoms with Crippen LogP contribution in [0.3, 0.4) is 0 Å². The number of rotatable bonds is 12. The van der Waals surface area contributed by atoms with Crippen molar-refractivity contribution < 1.29 is 18.0 Å². The monoisotopic (exact) mass is 549 g/mol. The molecule has 0 aliphatic carbocycles. The number of sulfonamides is 1. The molecular weight excluding hydrogens is 510 g/mol. The van der Waals surface area contributed by atoms with Crippen LogP contribution in [0.2, 0.25) is 0 Å². The van der Waals surface area contributed by atoms with E-state index in [4.69, 9.17) is 0 Å². The molecule has 0 fully saturated rings. The zero-order valence-electron chi connectivity index (χ0n) is 23.4. The summed E-state index contributed by atoms with van der Waals surface area (Å²) >= 11 is 0. The van der Waals surface area contributed by atoms with Crippen molar-refractivity contribution in [3.63, 3.8) is 0 Å². The van der Waals surface area contributed by atoms with Crippen LogP contribution in [-0.4, -0.2) is 44.3 Å². The van der Waals surface area contributed by atoms with Gasteiger partial charge < -0.3 is 10.2 Å². The molecule has 0 heterocycles. The van der Waals surface area contributed by atoms with Crippen molar-refractivity contribution in [3.8, 4) is 0 Å². The van der Waals surface area contributed by atoms with Gasteiger partial charge in [-0.25, -0.2) is 8.42 Å². The van der Waals surface area contributed by atoms with Crippen LogP contribution in [0.4, 0.5) is 5.69 Å². The van der Waals surface area contributed by atoms with E-state index in [0.717, 1.165) is 21.0 Å². The minimum atomic E-state index is -4.07. The van der Waals surface area contributed by atoms with Gasteiger partial charge in [-0.2, -0.15) is 0 Å². The number of hydrogen-bond donors (Lipinski definition) is 1. The quantitative estimate of drug-likeness (QED) is 0.341. The third-order valence-corrected chi connectivity index (χ3v) is 8.39. The van der Waals surface area contributed by atoms with E-state index in [-0.39, 0.29) is 23.3 Å². The molecule has 8 heteroatoms. The molecule has 0 aromatic heterocycles. The van der Waals surface area contributed by atoms with E-state index in [9.17, 15) is 18.0 Å². The van der Waals surface area contributed by atoms with Crippen LogP contribution < -0.4 is 9.62 Å². The third kappa shape index (κ3) is 7.69. The molecule has 7 nitrogen and oxygen atoms in total. The molecule has 0 radical (unpaired) electrons. The number of nitrogens with zero attached hydrogens (tertiary/aromatic N) is 2. The second-order valence-corrected chi connectivity index (χ2v) is 12.0. The Bertz CT molecular complexity index is 1360. The summed E-state index contributed by atoms with van der Waals surface area (Å²) in [5, 5.41) is 2.95. The van der Waals surface area contributed by atoms with E-state index in [2.05, 4.69) is 5.32 Å². The smallest absolute Gasteiger partial charge is 0.264 e. The van der Waals surface area contributed by atoms with Crippen LogP contribution in [0.1, 0.15) is 43.9 Å². The third-order valence-electron chi connectivity index (χ3n) is 6.60. The number of aryl methyl sites for hydroxylation is 2. The molecule has 1 atom stereocenters. The van der Waals surface area contributed by atoms with E-state index in [1.807, 2.05) is 71.0 Å². The second kappa shape index (κ2) is 13.4. The Morgan fingerprint density at radius 2 is 1.49 bits per heavy atom. The minimum Gasteiger partial charge on any atom is -0.354 e. The van der Waals surface area contributed by atoms with Gasteiger partial charge in [0.1, 0.15) is 12.6 Å². The first-order valence-corrected chi connectivity index (χ1v) is 14.7. The van der Waals surface area contributed by atoms with Crippen molar-refractivity contribution in [1.82, 2.24) is 10.2 Å². The summed E-state index contributed by atoms with van der Waals surface area (Å²) in [6, 6.07) is 22.0. The Balaban J connectivity index is 2.04. The molecule has 39 heavy (non-hydrogen) atoms. The first kappa shape index (κ1) is 29.9. The van der Waals surface area contributed by atoms with Gasteiger partial charge in [-0.1, -0.05) is 80.9 Å². The Hall–Kier alpha value is -3.65. The molecule has 3 aromatic rings. The molecule has 0 unspecified atom stereocenters. The van der Waals surface area contributed by atoms with Gasteiger partial charge in [-0.05, 0) is 61.6 Å². The van der Waals surface area contributed by atoms with Gasteiger partial charge in [0.05, 0.1) is 10.6 Å². The molecular formula is C31H39N3O4S. The summed E-state index contributed by atoms with van der Waals surface area (Å²) < 4.78 is 28.8. The van der Waals surface area contributed by atoms with Gasteiger partial charge in [0, 0.05) is 13.1 Å². The molecule has 208 valence electrons. The normalized spacial score (nSPS) is 12.2. The summed E-state index contributed by atoms with van der Waals surface area (Å²) in [7, 11) is -4.07. The molecule has 0 saturated carbocycles. The van der Waals surface area contributed by atoms with Crippen molar-refractivity contribution >= 4 is 27.5 Å². The maximum Gasteiger partial charge on any atom is 0.264 e. The molecule has 0 aliphatic heterocycles. The largest absolute Gasteiger partial charge is 0.354 e. The molecule has 0 saturated heterocycles. The van der Waals surface area contributed by atoms with Crippen molar-refractivity contribution in [2.45, 2.75) is 58.5 Å². The zero-order valence-corrected chi connectivity index (χ0v) is 24.2. The van der Waals surface area contributed by atoms with Crippen LogP contribution in [-0.2, 0) is 26.2 Å². The predicted octanol–water partition coefficient (Wildman–Crippen LogP) is 5.08. The number of anilines is 1. The van der Waals surface area contributed by atoms with Crippen LogP contribution in [0.25, 0.3) is 0 Å². The predicted molar refractivity (Wildman–Crippen MR) is 156 cm³/mol. The Labute approximate surface area is 232 Å². The van der Waals surface area contributed by atoms with Gasteiger partial charge >= 0.3 is 0 Å². The molecule has 3 rings (SSSR count). The summed E-state index contributed by atoms with van der Waals surface area (Å²) in [6.45, 7) is 9.96. The number of hydrogen-bond acceptors (Lipinski definition) is 4. The fourth-order valence-corrected chi connectivity index (χ4v) is 5.71. The van der Waals surface area contributed by atoms with Crippen molar-refractivity contribution in [3.05, 3.63) is 95.6 Å². The Morgan fingerprint density at radius 3 is 2.08 bits per heavy atom. The van der Waals surface area contributed by atoms with E-state index in [1.165, 1.54) is 17.0 Å². The highest BCUT2D eigenvalue weighted by molar-refractivity contribution is 7.92. The first-order valence-electron chi connectivity index (χ1n) is 13.3. The summed E-state index contributed by atoms with van der Waals surface area (Å²) in [5.74, 6) is -0.453. The average molecular weight is 550 g/mol. The lowest BCUT2D eigenvalue weighted by Gasteiger charge is -2.33. The molecule has 1 N–H and O–H groups in total. The van der Waals surface area contributed by atoms with Crippen LogP contribution >= 0.6 is 0 Å². The van der Waals surface area contributed by atoms with Crippen molar-refractivity contribution in [1.29, 1.82) is 0 Å². The number of carbonyl (C=O) groups excluding carboxylic acids is 2. The summed E-state index contributed by atoms with van der Waals surface area (Å²) in [6.07, 6.45) is 0.386. The van der Waals surface area contributed by atoms with E-state index in [0.29, 0.717) is 18.7 Å². The summed E-state index contributed by atoms with van der Waals surface area (Å²) in [5.41, 5.74) is 3.23. The van der Waals surface area contributed by atoms with E-state index >= 15 is 0 Å². The number of amides is 2. The first-order chi connectivity index (χ1) is 18.5. The van der Waals surface area contributed by atoms with Crippen LogP contribution in [0.15, 0.2) is 83.8 Å². The Morgan fingerprint density at radius 1 is 0.872 bits per heavy atom. The lowest BCUT2D eigenvalue weighted by molar-refractivity contribution is -0.140. The van der Waals surface area contributed by atoms with Crippen LogP contribution in [0, 0.1) is 19.8 Å². The van der Waals surface area contributed by atoms with E-state index in [1.54, 1.807) is 30.3 Å². The highest BCUT2D eigenvalue weighted by atomic mass is 32.2. The highest BCUT2D eigenvalue weighted by Gasteiger charge is 2.33. The topological polar surface area (TPSA) is 86.8 Å². The molecule has 2 amide bonds. The maximum absolute atomic E-state index is 14.1. The molecule has 3 aromatic carbocycles. The van der Waals surface area contributed by atoms with E-state index < -0.39 is 28.5 Å². The Kier molecular flexibility index (Phi) is 10.3. The number of nitrogens with one attached hydrogen (secondary N) is 1. The van der Waals surface area contributed by atoms with Crippen molar-refractivity contribution in [2.24, 2.45) is 5.92 Å². The number of benzene rings is 3. The fraction of sp³-hybridized carbons (Fsp3) is 0.355. The number of carbonyl (C=O) groups is 2. The molecule has 0 bridgehead atoms. The SMILES string of the molecule is CC[C@H](C(=O)NCC(C)C)N(Cc1ccccc1C)C(=O)CN(c1ccc(C)cc1)S(=O)(=O)c1ccccc1. The van der Waals surface area contributed by atoms with Gasteiger partial charge in [0.2, 0.25) is 11.8 Å². The van der Waals surface area contributed by atoms with Gasteiger partial charge in [-0.3, -0.25) is 13.9 Å². The highest BCUT2D eigenvalue weighted by Crippen LogP contribution is 2.25. The zero-order chi connectivity index (χ0) is 28.6. The van der Waals surface area contributed by atoms with Crippen molar-refractivity contribution in [2.75, 3.05) is 17.4 Å². The molecule has 0 aliphatic rings. The standard InChI is InChI=1S/C31H39N3O4S/c1-6-29(31(36)32-20-23(2)3)33(21-26-13-11-10-12-25(26)5)30(35)22-34(27-18-16-24(4)17-19-27)39(37,38)28-14-8-7-9-15-28/h7-19,23,29H,6,20-22H2,1-5H3,(H,32,36)/t29-/m1/s1. The fourth-order valence-electron chi connectivity index (χ4n) is 4.27. The average Bonchev–Trinajstić information content (AvgIpc) is 2.92. The van der Waals surface area contributed by atoms with Gasteiger partial charge in [0.15, 0.2) is 0 Å². The second-order valence-electron chi connectivity index (χ2n) is 10.2. The lowest BCUT2D eigenvalue weighted by Crippen LogP contribution is -2.52. The minimum absolute atomic E-state index is 0.0885. The summed E-state index contributed by atoms with van der Waals surface area (Å²) in [4.78, 5) is 28.9. The van der Waals surface area contributed by atoms with Crippen LogP contribution in [0.5, 0.6) is 0 Å². The van der Waals surface area contributed by atoms with Gasteiger partial charge in [-0.15, -0.1) is 0 Å². The maximum atomic E-state index is 14.1. The van der Waals surface area contributed by atoms with Gasteiger partial charge in [0.25, 0.3) is 10.0 Å². The molecule has 0 spiro atoms.